The lowest BCUT2D eigenvalue weighted by molar-refractivity contribution is 0.101. The summed E-state index contributed by atoms with van der Waals surface area (Å²) in [5, 5.41) is 21.6. The number of hydrogen-bond acceptors (Lipinski definition) is 4. The molecule has 2 amide bonds. The number of phenolic OH excluding ortho intramolecular Hbond substituents is 1. The fourth-order valence-electron chi connectivity index (χ4n) is 4.29. The van der Waals surface area contributed by atoms with Crippen molar-refractivity contribution in [2.75, 3.05) is 5.32 Å². The van der Waals surface area contributed by atoms with Gasteiger partial charge in [-0.1, -0.05) is 36.2 Å². The highest BCUT2D eigenvalue weighted by Crippen LogP contribution is 2.39. The molecule has 0 unspecified atom stereocenters. The van der Waals surface area contributed by atoms with E-state index >= 15 is 0 Å². The number of amides is 2. The molecule has 1 aliphatic carbocycles. The maximum Gasteiger partial charge on any atom is 0.342 e. The molecule has 0 aliphatic heterocycles. The number of anilines is 1. The highest BCUT2D eigenvalue weighted by Gasteiger charge is 2.27. The highest BCUT2D eigenvalue weighted by molar-refractivity contribution is 6.31. The van der Waals surface area contributed by atoms with Crippen molar-refractivity contribution < 1.29 is 14.7 Å². The Hall–Kier alpha value is -4.04. The molecule has 2 aromatic heterocycles. The number of nitrogens with one attached hydrogen (secondary N) is 2. The molecule has 36 heavy (non-hydrogen) atoms. The van der Waals surface area contributed by atoms with E-state index in [4.69, 9.17) is 11.6 Å². The van der Waals surface area contributed by atoms with Crippen molar-refractivity contribution in [3.05, 3.63) is 88.8 Å². The molecule has 8 nitrogen and oxygen atoms in total. The first kappa shape index (κ1) is 23.7. The summed E-state index contributed by atoms with van der Waals surface area (Å²) >= 11 is 6.22. The van der Waals surface area contributed by atoms with Gasteiger partial charge in [0.25, 0.3) is 5.91 Å². The topological polar surface area (TPSA) is 101 Å². The Labute approximate surface area is 213 Å². The Morgan fingerprint density at radius 1 is 1.11 bits per heavy atom. The zero-order valence-electron chi connectivity index (χ0n) is 19.7. The summed E-state index contributed by atoms with van der Waals surface area (Å²) < 4.78 is 3.11. The Morgan fingerprint density at radius 2 is 1.92 bits per heavy atom. The Bertz CT molecular complexity index is 1440. The molecule has 4 aromatic rings. The SMILES string of the molecule is Cn1cccc1C(=O)Nc1ccc(-c2cc(C3CCC3)n(C(=O)NCc3ccccc3Cl)n2)c(O)c1. The molecule has 2 aromatic carbocycles. The van der Waals surface area contributed by atoms with Gasteiger partial charge in [0, 0.05) is 48.0 Å². The largest absolute Gasteiger partial charge is 0.507 e. The Balaban J connectivity index is 1.37. The lowest BCUT2D eigenvalue weighted by atomic mass is 9.82. The number of benzene rings is 2. The number of halogens is 1. The maximum absolute atomic E-state index is 13.1. The zero-order valence-corrected chi connectivity index (χ0v) is 20.5. The second-order valence-corrected chi connectivity index (χ2v) is 9.34. The number of aromatic hydroxyl groups is 1. The van der Waals surface area contributed by atoms with E-state index in [0.29, 0.717) is 27.7 Å². The molecule has 1 saturated carbocycles. The van der Waals surface area contributed by atoms with E-state index in [-0.39, 0.29) is 30.2 Å². The summed E-state index contributed by atoms with van der Waals surface area (Å²) in [6, 6.07) is 17.2. The van der Waals surface area contributed by atoms with E-state index < -0.39 is 0 Å². The summed E-state index contributed by atoms with van der Waals surface area (Å²) in [7, 11) is 1.79. The summed E-state index contributed by atoms with van der Waals surface area (Å²) in [5.41, 5.74) is 3.56. The lowest BCUT2D eigenvalue weighted by Gasteiger charge is -2.25. The number of carbonyl (C=O) groups excluding carboxylic acids is 2. The van der Waals surface area contributed by atoms with Gasteiger partial charge in [-0.2, -0.15) is 9.78 Å². The molecule has 1 aliphatic rings. The van der Waals surface area contributed by atoms with Gasteiger partial charge in [0.2, 0.25) is 0 Å². The summed E-state index contributed by atoms with van der Waals surface area (Å²) in [5.74, 6) is -0.0781. The van der Waals surface area contributed by atoms with Crippen molar-refractivity contribution in [1.29, 1.82) is 0 Å². The normalized spacial score (nSPS) is 13.3. The smallest absolute Gasteiger partial charge is 0.342 e. The molecule has 5 rings (SSSR count). The predicted octanol–water partition coefficient (Wildman–Crippen LogP) is 5.53. The van der Waals surface area contributed by atoms with Crippen LogP contribution in [0.3, 0.4) is 0 Å². The Kier molecular flexibility index (Phi) is 6.52. The number of phenols is 1. The number of carbonyl (C=O) groups is 2. The van der Waals surface area contributed by atoms with Gasteiger partial charge >= 0.3 is 6.03 Å². The quantitative estimate of drug-likeness (QED) is 0.322. The van der Waals surface area contributed by atoms with Crippen LogP contribution in [0.1, 0.15) is 46.9 Å². The molecule has 0 bridgehead atoms. The van der Waals surface area contributed by atoms with E-state index in [1.807, 2.05) is 24.3 Å². The minimum atomic E-state index is -0.353. The van der Waals surface area contributed by atoms with Crippen LogP contribution < -0.4 is 10.6 Å². The number of aromatic nitrogens is 3. The summed E-state index contributed by atoms with van der Waals surface area (Å²) in [6.07, 6.45) is 4.86. The van der Waals surface area contributed by atoms with Crippen LogP contribution in [0, 0.1) is 0 Å². The van der Waals surface area contributed by atoms with Crippen LogP contribution in [0.5, 0.6) is 5.75 Å². The van der Waals surface area contributed by atoms with Gasteiger partial charge in [0.05, 0.1) is 11.4 Å². The molecule has 9 heteroatoms. The van der Waals surface area contributed by atoms with Gasteiger partial charge in [-0.15, -0.1) is 0 Å². The van der Waals surface area contributed by atoms with Crippen LogP contribution in [0.4, 0.5) is 10.5 Å². The van der Waals surface area contributed by atoms with Crippen molar-refractivity contribution in [3.63, 3.8) is 0 Å². The molecule has 2 heterocycles. The van der Waals surface area contributed by atoms with Crippen molar-refractivity contribution >= 4 is 29.2 Å². The van der Waals surface area contributed by atoms with E-state index in [2.05, 4.69) is 15.7 Å². The number of hydrogen-bond donors (Lipinski definition) is 3. The molecular formula is C27H26ClN5O3. The van der Waals surface area contributed by atoms with Crippen molar-refractivity contribution in [2.45, 2.75) is 31.7 Å². The third-order valence-corrected chi connectivity index (χ3v) is 6.92. The molecular weight excluding hydrogens is 478 g/mol. The maximum atomic E-state index is 13.1. The van der Waals surface area contributed by atoms with Crippen molar-refractivity contribution in [1.82, 2.24) is 19.7 Å². The molecule has 0 atom stereocenters. The van der Waals surface area contributed by atoms with E-state index in [1.54, 1.807) is 48.1 Å². The fourth-order valence-corrected chi connectivity index (χ4v) is 4.49. The first-order chi connectivity index (χ1) is 17.4. The second kappa shape index (κ2) is 9.91. The molecule has 184 valence electrons. The minimum Gasteiger partial charge on any atom is -0.507 e. The van der Waals surface area contributed by atoms with Gasteiger partial charge in [-0.3, -0.25) is 4.79 Å². The molecule has 1 fully saturated rings. The third-order valence-electron chi connectivity index (χ3n) is 6.55. The van der Waals surface area contributed by atoms with E-state index in [0.717, 1.165) is 30.5 Å². The van der Waals surface area contributed by atoms with Crippen LogP contribution in [-0.2, 0) is 13.6 Å². The third kappa shape index (κ3) is 4.72. The number of aryl methyl sites for hydroxylation is 1. The first-order valence-corrected chi connectivity index (χ1v) is 12.2. The van der Waals surface area contributed by atoms with Gasteiger partial charge in [0.15, 0.2) is 0 Å². The van der Waals surface area contributed by atoms with Crippen LogP contribution >= 0.6 is 11.6 Å². The van der Waals surface area contributed by atoms with Crippen molar-refractivity contribution in [3.8, 4) is 17.0 Å². The first-order valence-electron chi connectivity index (χ1n) is 11.8. The minimum absolute atomic E-state index is 0.0408. The van der Waals surface area contributed by atoms with Gasteiger partial charge in [-0.25, -0.2) is 4.79 Å². The van der Waals surface area contributed by atoms with Crippen LogP contribution in [0.25, 0.3) is 11.3 Å². The second-order valence-electron chi connectivity index (χ2n) is 8.93. The Morgan fingerprint density at radius 3 is 2.58 bits per heavy atom. The van der Waals surface area contributed by atoms with Gasteiger partial charge in [-0.05, 0) is 54.8 Å². The average Bonchev–Trinajstić information content (AvgIpc) is 3.44. The van der Waals surface area contributed by atoms with Crippen LogP contribution in [0.2, 0.25) is 5.02 Å². The van der Waals surface area contributed by atoms with E-state index in [9.17, 15) is 14.7 Å². The standard InChI is InChI=1S/C27H26ClN5O3/c1-32-13-5-10-23(32)26(35)30-19-11-12-20(25(34)14-19)22-15-24(17-7-4-8-17)33(31-22)27(36)29-16-18-6-2-3-9-21(18)28/h2-3,5-6,9-15,17,34H,4,7-8,16H2,1H3,(H,29,36)(H,30,35). The average molecular weight is 504 g/mol. The van der Waals surface area contributed by atoms with Gasteiger partial charge in [0.1, 0.15) is 11.4 Å². The number of nitrogens with zero attached hydrogens (tertiary/aromatic N) is 3. The summed E-state index contributed by atoms with van der Waals surface area (Å²) in [4.78, 5) is 25.6. The molecule has 0 saturated heterocycles. The lowest BCUT2D eigenvalue weighted by Crippen LogP contribution is -2.31. The molecule has 0 spiro atoms. The number of rotatable bonds is 6. The highest BCUT2D eigenvalue weighted by atomic mass is 35.5. The van der Waals surface area contributed by atoms with E-state index in [1.165, 1.54) is 10.7 Å². The summed E-state index contributed by atoms with van der Waals surface area (Å²) in [6.45, 7) is 0.276. The van der Waals surface area contributed by atoms with Crippen molar-refractivity contribution in [2.24, 2.45) is 7.05 Å². The molecule has 0 radical (unpaired) electrons. The van der Waals surface area contributed by atoms with Crippen LogP contribution in [0.15, 0.2) is 66.9 Å². The zero-order chi connectivity index (χ0) is 25.2. The van der Waals surface area contributed by atoms with Crippen LogP contribution in [-0.4, -0.2) is 31.4 Å². The van der Waals surface area contributed by atoms with Gasteiger partial charge < -0.3 is 20.3 Å². The monoisotopic (exact) mass is 503 g/mol. The molecule has 3 N–H and O–H groups in total. The fraction of sp³-hybridized carbons (Fsp3) is 0.222. The predicted molar refractivity (Wildman–Crippen MR) is 138 cm³/mol.